The highest BCUT2D eigenvalue weighted by Gasteiger charge is 2.45. The Hall–Kier alpha value is -7.16. The number of piperidine rings is 2. The summed E-state index contributed by atoms with van der Waals surface area (Å²) in [6, 6.07) is 20.5. The first-order chi connectivity index (χ1) is 34.2. The smallest absolute Gasteiger partial charge is 0.329 e. The van der Waals surface area contributed by atoms with Crippen molar-refractivity contribution in [3.8, 4) is 23.0 Å². The molecule has 15 nitrogen and oxygen atoms in total. The predicted octanol–water partition coefficient (Wildman–Crippen LogP) is 8.16. The number of ether oxygens (including phenoxy) is 5. The Morgan fingerprint density at radius 2 is 1.62 bits per heavy atom. The number of nitrogens with one attached hydrogen (secondary N) is 2. The van der Waals surface area contributed by atoms with Crippen LogP contribution in [0.25, 0.3) is 0 Å². The Morgan fingerprint density at radius 1 is 0.831 bits per heavy atom. The lowest BCUT2D eigenvalue weighted by molar-refractivity contribution is -0.162. The van der Waals surface area contributed by atoms with Gasteiger partial charge in [0.15, 0.2) is 18.1 Å². The van der Waals surface area contributed by atoms with Crippen molar-refractivity contribution >= 4 is 35.5 Å². The van der Waals surface area contributed by atoms with Crippen molar-refractivity contribution in [1.29, 1.82) is 0 Å². The van der Waals surface area contributed by atoms with E-state index in [2.05, 4.69) is 49.3 Å². The molecule has 0 aliphatic carbocycles. The van der Waals surface area contributed by atoms with Crippen LogP contribution in [-0.4, -0.2) is 97.9 Å². The number of esters is 1. The molecule has 5 amide bonds. The number of fused-ring (bicyclic) bond motifs is 1. The van der Waals surface area contributed by atoms with E-state index in [4.69, 9.17) is 23.7 Å². The van der Waals surface area contributed by atoms with Gasteiger partial charge >= 0.3 is 5.97 Å². The summed E-state index contributed by atoms with van der Waals surface area (Å²) in [6.45, 7) is 12.6. The summed E-state index contributed by atoms with van der Waals surface area (Å²) in [6.07, 6.45) is 5.05. The summed E-state index contributed by atoms with van der Waals surface area (Å²) in [7, 11) is 3.16. The number of carbonyl (C=O) groups excluding carboxylic acids is 6. The van der Waals surface area contributed by atoms with Gasteiger partial charge in [-0.15, -0.1) is 0 Å². The summed E-state index contributed by atoms with van der Waals surface area (Å²) in [5.74, 6) is -0.986. The number of methoxy groups -OCH3 is 2. The number of rotatable bonds is 21. The first kappa shape index (κ1) is 51.7. The van der Waals surface area contributed by atoms with E-state index in [0.717, 1.165) is 40.0 Å². The molecular formula is C56H66N4O11. The van der Waals surface area contributed by atoms with Crippen LogP contribution in [0.2, 0.25) is 0 Å². The van der Waals surface area contributed by atoms with Crippen molar-refractivity contribution in [3.63, 3.8) is 0 Å². The third-order valence-corrected chi connectivity index (χ3v) is 13.7. The van der Waals surface area contributed by atoms with Gasteiger partial charge in [0.1, 0.15) is 29.7 Å². The maximum Gasteiger partial charge on any atom is 0.329 e. The van der Waals surface area contributed by atoms with Gasteiger partial charge in [-0.05, 0) is 149 Å². The maximum atomic E-state index is 14.4. The van der Waals surface area contributed by atoms with Gasteiger partial charge in [0.25, 0.3) is 17.7 Å². The minimum atomic E-state index is -0.915. The fourth-order valence-corrected chi connectivity index (χ4v) is 9.65. The Labute approximate surface area is 416 Å². The first-order valence-electron chi connectivity index (χ1n) is 24.6. The highest BCUT2D eigenvalue weighted by molar-refractivity contribution is 6.24. The third kappa shape index (κ3) is 12.1. The van der Waals surface area contributed by atoms with E-state index in [0.29, 0.717) is 87.4 Å². The number of aryl methyl sites for hydroxylation is 4. The molecule has 376 valence electrons. The van der Waals surface area contributed by atoms with Crippen molar-refractivity contribution in [2.45, 2.75) is 116 Å². The van der Waals surface area contributed by atoms with Gasteiger partial charge in [0.2, 0.25) is 11.8 Å². The second-order valence-corrected chi connectivity index (χ2v) is 18.5. The zero-order valence-corrected chi connectivity index (χ0v) is 41.7. The molecule has 0 bridgehead atoms. The van der Waals surface area contributed by atoms with Crippen molar-refractivity contribution in [3.05, 3.63) is 130 Å². The van der Waals surface area contributed by atoms with Gasteiger partial charge in [-0.25, -0.2) is 4.79 Å². The lowest BCUT2D eigenvalue weighted by Crippen LogP contribution is -2.51. The second kappa shape index (κ2) is 23.6. The van der Waals surface area contributed by atoms with Crippen molar-refractivity contribution in [2.75, 3.05) is 40.5 Å². The van der Waals surface area contributed by atoms with E-state index in [1.165, 1.54) is 11.1 Å². The van der Waals surface area contributed by atoms with Gasteiger partial charge in [-0.2, -0.15) is 0 Å². The molecule has 2 N–H and O–H groups in total. The number of likely N-dealkylation sites (tertiary alicyclic amines) is 1. The average molecular weight is 971 g/mol. The predicted molar refractivity (Wildman–Crippen MR) is 267 cm³/mol. The number of imide groups is 1. The Bertz CT molecular complexity index is 2650. The molecule has 2 saturated heterocycles. The number of amides is 5. The molecule has 2 fully saturated rings. The maximum absolute atomic E-state index is 14.4. The number of unbranched alkanes of at least 4 members (excludes halogenated alkanes) is 1. The molecule has 4 aromatic carbocycles. The van der Waals surface area contributed by atoms with Gasteiger partial charge in [-0.1, -0.05) is 56.0 Å². The van der Waals surface area contributed by atoms with E-state index in [1.54, 1.807) is 49.5 Å². The van der Waals surface area contributed by atoms with E-state index >= 15 is 0 Å². The summed E-state index contributed by atoms with van der Waals surface area (Å²) >= 11 is 0. The largest absolute Gasteiger partial charge is 0.493 e. The number of carbonyl (C=O) groups is 6. The number of nitrogens with zero attached hydrogens (tertiary/aromatic N) is 2. The molecule has 3 aliphatic heterocycles. The summed E-state index contributed by atoms with van der Waals surface area (Å²) < 4.78 is 29.4. The summed E-state index contributed by atoms with van der Waals surface area (Å²) in [5.41, 5.74) is 6.82. The molecule has 3 aliphatic rings. The fourth-order valence-electron chi connectivity index (χ4n) is 9.65. The zero-order chi connectivity index (χ0) is 50.8. The molecule has 15 heteroatoms. The molecule has 4 atom stereocenters. The average Bonchev–Trinajstić information content (AvgIpc) is 3.62. The van der Waals surface area contributed by atoms with Gasteiger partial charge in [-0.3, -0.25) is 28.9 Å². The Morgan fingerprint density at radius 3 is 2.34 bits per heavy atom. The molecule has 4 aromatic rings. The summed E-state index contributed by atoms with van der Waals surface area (Å²) in [4.78, 5) is 83.5. The van der Waals surface area contributed by atoms with Crippen molar-refractivity contribution < 1.29 is 52.5 Å². The normalized spacial score (nSPS) is 17.5. The van der Waals surface area contributed by atoms with Crippen LogP contribution in [0.15, 0.2) is 85.1 Å². The number of allylic oxidation sites excluding steroid dienone is 1. The van der Waals surface area contributed by atoms with Crippen LogP contribution in [0.3, 0.4) is 0 Å². The number of hydrogen-bond donors (Lipinski definition) is 2. The number of benzene rings is 4. The molecule has 0 aromatic heterocycles. The van der Waals surface area contributed by atoms with Crippen LogP contribution in [0.4, 0.5) is 0 Å². The van der Waals surface area contributed by atoms with Crippen LogP contribution < -0.4 is 29.6 Å². The van der Waals surface area contributed by atoms with Gasteiger partial charge in [0.05, 0.1) is 37.9 Å². The lowest BCUT2D eigenvalue weighted by atomic mass is 9.91. The van der Waals surface area contributed by atoms with Crippen LogP contribution in [0.1, 0.15) is 131 Å². The number of hydrogen-bond acceptors (Lipinski definition) is 11. The SMILES string of the molecule is C=C1CCC(N2C(=O)c3cccc(OCCCCNC(=O)COc4ccc([C@@H](CCc5ccc(C)c(C)c5)OC(=O)[C@@H]5CCCCN5C(=O)[C@@H](CC)c5cc(C)c(OC)c(OC)c5)cc4)c3C2=O)C(=O)N1. The highest BCUT2D eigenvalue weighted by Crippen LogP contribution is 2.38. The van der Waals surface area contributed by atoms with E-state index < -0.39 is 47.8 Å². The molecular weight excluding hydrogens is 905 g/mol. The molecule has 0 spiro atoms. The van der Waals surface area contributed by atoms with Crippen LogP contribution >= 0.6 is 0 Å². The highest BCUT2D eigenvalue weighted by atomic mass is 16.5. The van der Waals surface area contributed by atoms with E-state index in [1.807, 2.05) is 38.1 Å². The van der Waals surface area contributed by atoms with Gasteiger partial charge < -0.3 is 39.2 Å². The van der Waals surface area contributed by atoms with Gasteiger partial charge in [0, 0.05) is 18.8 Å². The topological polar surface area (TPSA) is 179 Å². The zero-order valence-electron chi connectivity index (χ0n) is 41.7. The van der Waals surface area contributed by atoms with E-state index in [9.17, 15) is 28.8 Å². The monoisotopic (exact) mass is 970 g/mol. The Balaban J connectivity index is 0.925. The third-order valence-electron chi connectivity index (χ3n) is 13.7. The Kier molecular flexibility index (Phi) is 17.2. The van der Waals surface area contributed by atoms with Crippen LogP contribution in [0.5, 0.6) is 23.0 Å². The molecule has 0 saturated carbocycles. The molecule has 1 unspecified atom stereocenters. The van der Waals surface area contributed by atoms with Crippen molar-refractivity contribution in [2.24, 2.45) is 0 Å². The molecule has 71 heavy (non-hydrogen) atoms. The summed E-state index contributed by atoms with van der Waals surface area (Å²) in [5, 5.41) is 5.49. The quantitative estimate of drug-likeness (QED) is 0.0468. The molecule has 3 heterocycles. The van der Waals surface area contributed by atoms with E-state index in [-0.39, 0.29) is 41.9 Å². The first-order valence-corrected chi connectivity index (χ1v) is 24.6. The van der Waals surface area contributed by atoms with Crippen LogP contribution in [-0.2, 0) is 30.3 Å². The molecule has 7 rings (SSSR count). The van der Waals surface area contributed by atoms with Crippen LogP contribution in [0, 0.1) is 20.8 Å². The van der Waals surface area contributed by atoms with Crippen molar-refractivity contribution in [1.82, 2.24) is 20.4 Å². The fraction of sp³-hybridized carbons (Fsp3) is 0.429. The minimum Gasteiger partial charge on any atom is -0.493 e. The molecule has 0 radical (unpaired) electrons. The second-order valence-electron chi connectivity index (χ2n) is 18.5. The minimum absolute atomic E-state index is 0.121. The lowest BCUT2D eigenvalue weighted by Gasteiger charge is -2.37. The standard InChI is InChI=1S/C56H66N4O11/c1-8-42(40-31-36(4)51(68-7)48(32-40)67-6)53(63)59-28-11-9-15-45(59)56(66)71-46(26-20-38-19-17-34(2)35(3)30-38)39-21-23-41(24-22-39)70-33-49(61)57-27-10-12-29-69-47-16-13-14-43-50(47)55(65)60(54(43)64)44-25-18-37(5)58-52(44)62/h13-14,16-17,19,21-24,30-32,42,44-46H,5,8-12,15,18,20,25-29,33H2,1-4,6-7H3,(H,57,61)(H,58,62)/t42-,44?,45-,46+/m0/s1.